The van der Waals surface area contributed by atoms with Crippen LogP contribution in [0, 0.1) is 0 Å². The SMILES string of the molecule is CCS(=O)(=O)CCN(C)C(=O)Nc1cccc(C(C)C)c1. The Kier molecular flexibility index (Phi) is 6.20. The van der Waals surface area contributed by atoms with E-state index in [2.05, 4.69) is 19.2 Å². The van der Waals surface area contributed by atoms with Crippen molar-refractivity contribution in [2.45, 2.75) is 26.7 Å². The Balaban J connectivity index is 2.62. The van der Waals surface area contributed by atoms with Crippen molar-refractivity contribution in [1.29, 1.82) is 0 Å². The molecule has 0 heterocycles. The zero-order chi connectivity index (χ0) is 16.0. The minimum Gasteiger partial charge on any atom is -0.327 e. The second kappa shape index (κ2) is 7.45. The predicted octanol–water partition coefficient (Wildman–Crippen LogP) is 2.71. The summed E-state index contributed by atoms with van der Waals surface area (Å²) >= 11 is 0. The highest BCUT2D eigenvalue weighted by Gasteiger charge is 2.13. The molecule has 2 amide bonds. The number of anilines is 1. The Morgan fingerprint density at radius 1 is 1.33 bits per heavy atom. The monoisotopic (exact) mass is 312 g/mol. The van der Waals surface area contributed by atoms with Crippen molar-refractivity contribution in [2.24, 2.45) is 0 Å². The van der Waals surface area contributed by atoms with Gasteiger partial charge in [-0.25, -0.2) is 13.2 Å². The van der Waals surface area contributed by atoms with Crippen LogP contribution in [0.2, 0.25) is 0 Å². The average molecular weight is 312 g/mol. The third-order valence-corrected chi connectivity index (χ3v) is 5.01. The van der Waals surface area contributed by atoms with E-state index >= 15 is 0 Å². The van der Waals surface area contributed by atoms with E-state index in [4.69, 9.17) is 0 Å². The lowest BCUT2D eigenvalue weighted by atomic mass is 10.0. The van der Waals surface area contributed by atoms with Crippen LogP contribution in [0.1, 0.15) is 32.3 Å². The molecule has 0 saturated heterocycles. The summed E-state index contributed by atoms with van der Waals surface area (Å²) < 4.78 is 22.9. The largest absolute Gasteiger partial charge is 0.327 e. The highest BCUT2D eigenvalue weighted by atomic mass is 32.2. The van der Waals surface area contributed by atoms with Gasteiger partial charge in [-0.1, -0.05) is 32.9 Å². The molecule has 0 spiro atoms. The number of carbonyl (C=O) groups excluding carboxylic acids is 1. The highest BCUT2D eigenvalue weighted by molar-refractivity contribution is 7.91. The third-order valence-electron chi connectivity index (χ3n) is 3.33. The fourth-order valence-corrected chi connectivity index (χ4v) is 2.56. The quantitative estimate of drug-likeness (QED) is 0.878. The first kappa shape index (κ1) is 17.5. The lowest BCUT2D eigenvalue weighted by Gasteiger charge is -2.18. The first-order chi connectivity index (χ1) is 9.75. The number of sulfone groups is 1. The lowest BCUT2D eigenvalue weighted by molar-refractivity contribution is 0.225. The summed E-state index contributed by atoms with van der Waals surface area (Å²) in [5.74, 6) is 0.465. The van der Waals surface area contributed by atoms with E-state index in [0.717, 1.165) is 11.3 Å². The molecule has 0 fully saturated rings. The molecule has 0 atom stereocenters. The fraction of sp³-hybridized carbons (Fsp3) is 0.533. The zero-order valence-corrected chi connectivity index (χ0v) is 13.9. The Labute approximate surface area is 127 Å². The van der Waals surface area contributed by atoms with Crippen molar-refractivity contribution in [3.05, 3.63) is 29.8 Å². The summed E-state index contributed by atoms with van der Waals surface area (Å²) in [4.78, 5) is 13.4. The molecule has 0 radical (unpaired) electrons. The van der Waals surface area contributed by atoms with Crippen LogP contribution in [0.5, 0.6) is 0 Å². The molecule has 0 aromatic heterocycles. The molecule has 0 unspecified atom stereocenters. The first-order valence-corrected chi connectivity index (χ1v) is 8.90. The second-order valence-electron chi connectivity index (χ2n) is 5.37. The van der Waals surface area contributed by atoms with Crippen LogP contribution in [0.15, 0.2) is 24.3 Å². The van der Waals surface area contributed by atoms with E-state index in [1.54, 1.807) is 14.0 Å². The van der Waals surface area contributed by atoms with E-state index in [1.165, 1.54) is 4.90 Å². The number of hydrogen-bond donors (Lipinski definition) is 1. The molecule has 118 valence electrons. The Bertz CT molecular complexity index is 582. The zero-order valence-electron chi connectivity index (χ0n) is 13.1. The van der Waals surface area contributed by atoms with Gasteiger partial charge in [0.2, 0.25) is 0 Å². The van der Waals surface area contributed by atoms with Crippen LogP contribution in [-0.2, 0) is 9.84 Å². The van der Waals surface area contributed by atoms with Gasteiger partial charge >= 0.3 is 6.03 Å². The van der Waals surface area contributed by atoms with Crippen molar-refractivity contribution in [1.82, 2.24) is 4.90 Å². The predicted molar refractivity (Wildman–Crippen MR) is 86.5 cm³/mol. The fourth-order valence-electron chi connectivity index (χ4n) is 1.72. The van der Waals surface area contributed by atoms with Crippen LogP contribution in [0.4, 0.5) is 10.5 Å². The van der Waals surface area contributed by atoms with Crippen LogP contribution in [-0.4, -0.2) is 44.4 Å². The number of hydrogen-bond acceptors (Lipinski definition) is 3. The van der Waals surface area contributed by atoms with Crippen molar-refractivity contribution < 1.29 is 13.2 Å². The molecule has 1 aromatic rings. The van der Waals surface area contributed by atoms with E-state index in [1.807, 2.05) is 24.3 Å². The van der Waals surface area contributed by atoms with Crippen LogP contribution in [0.25, 0.3) is 0 Å². The molecule has 5 nitrogen and oxygen atoms in total. The maximum absolute atomic E-state index is 12.0. The van der Waals surface area contributed by atoms with E-state index < -0.39 is 9.84 Å². The van der Waals surface area contributed by atoms with Crippen LogP contribution in [0.3, 0.4) is 0 Å². The molecule has 21 heavy (non-hydrogen) atoms. The number of rotatable bonds is 6. The molecule has 6 heteroatoms. The maximum Gasteiger partial charge on any atom is 0.321 e. The average Bonchev–Trinajstić information content (AvgIpc) is 2.45. The molecular weight excluding hydrogens is 288 g/mol. The summed E-state index contributed by atoms with van der Waals surface area (Å²) in [5.41, 5.74) is 1.86. The normalized spacial score (nSPS) is 11.5. The molecular formula is C15H24N2O3S. The summed E-state index contributed by atoms with van der Waals surface area (Å²) in [7, 11) is -1.47. The van der Waals surface area contributed by atoms with Gasteiger partial charge in [-0.3, -0.25) is 0 Å². The molecule has 0 saturated carbocycles. The number of nitrogens with one attached hydrogen (secondary N) is 1. The molecule has 1 rings (SSSR count). The van der Waals surface area contributed by atoms with E-state index in [0.29, 0.717) is 5.92 Å². The van der Waals surface area contributed by atoms with Crippen molar-refractivity contribution in [2.75, 3.05) is 30.4 Å². The van der Waals surface area contributed by atoms with Crippen LogP contribution < -0.4 is 5.32 Å². The van der Waals surface area contributed by atoms with Crippen molar-refractivity contribution in [3.8, 4) is 0 Å². The third kappa shape index (κ3) is 5.75. The summed E-state index contributed by atoms with van der Waals surface area (Å²) in [5, 5.41) is 2.78. The molecule has 0 aliphatic rings. The van der Waals surface area contributed by atoms with Crippen molar-refractivity contribution in [3.63, 3.8) is 0 Å². The number of amides is 2. The van der Waals surface area contributed by atoms with Crippen LogP contribution >= 0.6 is 0 Å². The van der Waals surface area contributed by atoms with Gasteiger partial charge in [0.25, 0.3) is 0 Å². The Morgan fingerprint density at radius 2 is 2.00 bits per heavy atom. The molecule has 0 aliphatic carbocycles. The van der Waals surface area contributed by atoms with Gasteiger partial charge in [0.1, 0.15) is 0 Å². The van der Waals surface area contributed by atoms with Gasteiger partial charge < -0.3 is 10.2 Å². The van der Waals surface area contributed by atoms with Gasteiger partial charge in [0.15, 0.2) is 9.84 Å². The minimum atomic E-state index is -3.06. The molecule has 1 N–H and O–H groups in total. The topological polar surface area (TPSA) is 66.5 Å². The lowest BCUT2D eigenvalue weighted by Crippen LogP contribution is -2.35. The summed E-state index contributed by atoms with van der Waals surface area (Å²) in [6, 6.07) is 7.35. The summed E-state index contributed by atoms with van der Waals surface area (Å²) in [6.45, 7) is 5.96. The van der Waals surface area contributed by atoms with Gasteiger partial charge in [0, 0.05) is 25.0 Å². The number of nitrogens with zero attached hydrogens (tertiary/aromatic N) is 1. The van der Waals surface area contributed by atoms with Gasteiger partial charge in [-0.15, -0.1) is 0 Å². The minimum absolute atomic E-state index is 0.0144. The number of carbonyl (C=O) groups is 1. The highest BCUT2D eigenvalue weighted by Crippen LogP contribution is 2.18. The second-order valence-corrected chi connectivity index (χ2v) is 7.84. The van der Waals surface area contributed by atoms with Gasteiger partial charge in [-0.05, 0) is 23.6 Å². The number of urea groups is 1. The first-order valence-electron chi connectivity index (χ1n) is 7.07. The van der Waals surface area contributed by atoms with Gasteiger partial charge in [-0.2, -0.15) is 0 Å². The van der Waals surface area contributed by atoms with Crippen molar-refractivity contribution >= 4 is 21.6 Å². The Hall–Kier alpha value is -1.56. The number of benzene rings is 1. The Morgan fingerprint density at radius 3 is 2.57 bits per heavy atom. The maximum atomic E-state index is 12.0. The molecule has 1 aromatic carbocycles. The van der Waals surface area contributed by atoms with E-state index in [-0.39, 0.29) is 24.1 Å². The van der Waals surface area contributed by atoms with E-state index in [9.17, 15) is 13.2 Å². The smallest absolute Gasteiger partial charge is 0.321 e. The molecule has 0 aliphatic heterocycles. The van der Waals surface area contributed by atoms with Gasteiger partial charge in [0.05, 0.1) is 5.75 Å². The molecule has 0 bridgehead atoms. The summed E-state index contributed by atoms with van der Waals surface area (Å²) in [6.07, 6.45) is 0. The standard InChI is InChI=1S/C15H24N2O3S/c1-5-21(19,20)10-9-17(4)15(18)16-14-8-6-7-13(11-14)12(2)3/h6-8,11-12H,5,9-10H2,1-4H3,(H,16,18).